The molecule has 1 aromatic heterocycles. The molecule has 3 aromatic rings. The van der Waals surface area contributed by atoms with E-state index in [0.717, 1.165) is 6.07 Å². The summed E-state index contributed by atoms with van der Waals surface area (Å²) in [5.74, 6) is -1.63. The van der Waals surface area contributed by atoms with Gasteiger partial charge in [-0.2, -0.15) is 0 Å². The van der Waals surface area contributed by atoms with Crippen LogP contribution in [0.1, 0.15) is 5.56 Å². The molecule has 7 N–H and O–H groups in total. The molecule has 1 saturated heterocycles. The number of hydrogen-bond acceptors (Lipinski definition) is 11. The summed E-state index contributed by atoms with van der Waals surface area (Å²) in [5.41, 5.74) is -0.765. The third-order valence-electron chi connectivity index (χ3n) is 5.55. The molecule has 2 heterocycles. The molecule has 0 amide bonds. The molecular weight excluding hydrogens is 440 g/mol. The van der Waals surface area contributed by atoms with E-state index in [-0.39, 0.29) is 39.4 Å². The van der Waals surface area contributed by atoms with Crippen molar-refractivity contribution in [3.63, 3.8) is 0 Å². The monoisotopic (exact) mass is 462 g/mol. The fourth-order valence-corrected chi connectivity index (χ4v) is 3.59. The molecule has 1 aliphatic heterocycles. The van der Waals surface area contributed by atoms with E-state index in [1.165, 1.54) is 31.2 Å². The van der Waals surface area contributed by atoms with Crippen LogP contribution in [0.25, 0.3) is 22.3 Å². The predicted molar refractivity (Wildman–Crippen MR) is 112 cm³/mol. The van der Waals surface area contributed by atoms with Gasteiger partial charge in [0.25, 0.3) is 0 Å². The molecule has 0 radical (unpaired) electrons. The number of phenols is 3. The van der Waals surface area contributed by atoms with Crippen LogP contribution in [0.3, 0.4) is 0 Å². The summed E-state index contributed by atoms with van der Waals surface area (Å²) >= 11 is 0. The highest BCUT2D eigenvalue weighted by molar-refractivity contribution is 5.89. The topological polar surface area (TPSA) is 190 Å². The van der Waals surface area contributed by atoms with Crippen molar-refractivity contribution in [2.75, 3.05) is 6.61 Å². The SMILES string of the molecule is Cc1c(O)cc2oc(-c3ccc(O)cc3)c(O[C@@H]3O[C@H](CO)[C@@H](O)[C@H](O)[C@H]3O)c(=O)c2c1O. The lowest BCUT2D eigenvalue weighted by atomic mass is 9.99. The second kappa shape index (κ2) is 8.54. The smallest absolute Gasteiger partial charge is 0.239 e. The molecule has 11 nitrogen and oxygen atoms in total. The molecule has 0 bridgehead atoms. The summed E-state index contributed by atoms with van der Waals surface area (Å²) in [6.07, 6.45) is -8.18. The van der Waals surface area contributed by atoms with Gasteiger partial charge in [0, 0.05) is 17.2 Å². The van der Waals surface area contributed by atoms with E-state index < -0.39 is 54.2 Å². The van der Waals surface area contributed by atoms with E-state index in [4.69, 9.17) is 13.9 Å². The van der Waals surface area contributed by atoms with Crippen LogP contribution in [-0.4, -0.2) is 73.1 Å². The van der Waals surface area contributed by atoms with Crippen LogP contribution in [0.4, 0.5) is 0 Å². The minimum atomic E-state index is -1.80. The summed E-state index contributed by atoms with van der Waals surface area (Å²) < 4.78 is 16.7. The summed E-state index contributed by atoms with van der Waals surface area (Å²) in [6, 6.07) is 6.61. The second-order valence-electron chi connectivity index (χ2n) is 7.69. The zero-order valence-electron chi connectivity index (χ0n) is 17.2. The fourth-order valence-electron chi connectivity index (χ4n) is 3.59. The van der Waals surface area contributed by atoms with E-state index in [2.05, 4.69) is 0 Å². The number of ether oxygens (including phenoxy) is 2. The van der Waals surface area contributed by atoms with Crippen molar-refractivity contribution < 1.29 is 49.6 Å². The average Bonchev–Trinajstić information content (AvgIpc) is 2.79. The highest BCUT2D eigenvalue weighted by atomic mass is 16.7. The Balaban J connectivity index is 1.92. The largest absolute Gasteiger partial charge is 0.508 e. The fraction of sp³-hybridized carbons (Fsp3) is 0.318. The average molecular weight is 462 g/mol. The van der Waals surface area contributed by atoms with Crippen molar-refractivity contribution in [3.05, 3.63) is 46.1 Å². The van der Waals surface area contributed by atoms with Crippen molar-refractivity contribution in [1.82, 2.24) is 0 Å². The van der Waals surface area contributed by atoms with Gasteiger partial charge in [-0.25, -0.2) is 0 Å². The molecule has 0 spiro atoms. The van der Waals surface area contributed by atoms with Gasteiger partial charge in [0.2, 0.25) is 17.5 Å². The molecule has 11 heteroatoms. The molecule has 1 aliphatic rings. The van der Waals surface area contributed by atoms with Crippen LogP contribution >= 0.6 is 0 Å². The van der Waals surface area contributed by atoms with Gasteiger partial charge < -0.3 is 49.6 Å². The van der Waals surface area contributed by atoms with E-state index in [1.807, 2.05) is 0 Å². The Morgan fingerprint density at radius 2 is 1.67 bits per heavy atom. The highest BCUT2D eigenvalue weighted by Crippen LogP contribution is 2.39. The van der Waals surface area contributed by atoms with Crippen LogP contribution in [0, 0.1) is 6.92 Å². The standard InChI is InChI=1S/C22H22O11/c1-8-11(25)6-12-14(15(8)26)17(28)21(20(31-12)9-2-4-10(24)5-3-9)33-22-19(30)18(29)16(27)13(7-23)32-22/h2-6,13,16,18-19,22-27,29-30H,7H2,1H3/t13-,16-,18+,19-,22+/m1/s1. The number of aromatic hydroxyl groups is 3. The van der Waals surface area contributed by atoms with Crippen molar-refractivity contribution in [2.24, 2.45) is 0 Å². The molecule has 176 valence electrons. The summed E-state index contributed by atoms with van der Waals surface area (Å²) in [5, 5.41) is 69.5. The van der Waals surface area contributed by atoms with Gasteiger partial charge in [0.05, 0.1) is 6.61 Å². The predicted octanol–water partition coefficient (Wildman–Crippen LogP) is 0.0639. The van der Waals surface area contributed by atoms with Gasteiger partial charge in [-0.3, -0.25) is 4.79 Å². The van der Waals surface area contributed by atoms with E-state index in [0.29, 0.717) is 0 Å². The van der Waals surface area contributed by atoms with Gasteiger partial charge in [0.15, 0.2) is 5.76 Å². The number of phenolic OH excluding ortho intramolecular Hbond substituents is 3. The summed E-state index contributed by atoms with van der Waals surface area (Å²) in [6.45, 7) is 0.677. The van der Waals surface area contributed by atoms with Gasteiger partial charge >= 0.3 is 0 Å². The van der Waals surface area contributed by atoms with Crippen molar-refractivity contribution in [3.8, 4) is 34.3 Å². The maximum absolute atomic E-state index is 13.4. The molecule has 2 aromatic carbocycles. The van der Waals surface area contributed by atoms with Crippen LogP contribution in [0.2, 0.25) is 0 Å². The van der Waals surface area contributed by atoms with Crippen molar-refractivity contribution in [2.45, 2.75) is 37.6 Å². The molecule has 0 unspecified atom stereocenters. The maximum Gasteiger partial charge on any atom is 0.239 e. The van der Waals surface area contributed by atoms with Gasteiger partial charge in [-0.05, 0) is 31.2 Å². The van der Waals surface area contributed by atoms with E-state index in [9.17, 15) is 40.5 Å². The van der Waals surface area contributed by atoms with Crippen LogP contribution in [0.15, 0.2) is 39.5 Å². The highest BCUT2D eigenvalue weighted by Gasteiger charge is 2.45. The van der Waals surface area contributed by atoms with Gasteiger partial charge in [0.1, 0.15) is 52.6 Å². The Bertz CT molecular complexity index is 1230. The van der Waals surface area contributed by atoms with Gasteiger partial charge in [-0.15, -0.1) is 0 Å². The van der Waals surface area contributed by atoms with E-state index >= 15 is 0 Å². The number of aliphatic hydroxyl groups excluding tert-OH is 4. The van der Waals surface area contributed by atoms with Crippen LogP contribution < -0.4 is 10.2 Å². The minimum absolute atomic E-state index is 0.0194. The molecule has 5 atom stereocenters. The first-order valence-electron chi connectivity index (χ1n) is 9.93. The molecule has 4 rings (SSSR count). The van der Waals surface area contributed by atoms with Crippen LogP contribution in [-0.2, 0) is 4.74 Å². The lowest BCUT2D eigenvalue weighted by Gasteiger charge is -2.39. The number of benzene rings is 2. The molecule has 0 saturated carbocycles. The quantitative estimate of drug-likeness (QED) is 0.278. The second-order valence-corrected chi connectivity index (χ2v) is 7.69. The first-order chi connectivity index (χ1) is 15.6. The van der Waals surface area contributed by atoms with E-state index in [1.54, 1.807) is 0 Å². The first-order valence-corrected chi connectivity index (χ1v) is 9.93. The number of fused-ring (bicyclic) bond motifs is 1. The van der Waals surface area contributed by atoms with Crippen molar-refractivity contribution in [1.29, 1.82) is 0 Å². The summed E-state index contributed by atoms with van der Waals surface area (Å²) in [7, 11) is 0. The Kier molecular flexibility index (Phi) is 5.91. The number of hydrogen-bond donors (Lipinski definition) is 7. The first kappa shape index (κ1) is 22.8. The summed E-state index contributed by atoms with van der Waals surface area (Å²) in [4.78, 5) is 13.4. The lowest BCUT2D eigenvalue weighted by molar-refractivity contribution is -0.277. The Labute approximate surface area is 185 Å². The molecule has 33 heavy (non-hydrogen) atoms. The van der Waals surface area contributed by atoms with Gasteiger partial charge in [-0.1, -0.05) is 0 Å². The number of rotatable bonds is 4. The molecular formula is C22H22O11. The van der Waals surface area contributed by atoms with Crippen molar-refractivity contribution >= 4 is 11.0 Å². The zero-order chi connectivity index (χ0) is 24.0. The Morgan fingerprint density at radius 1 is 1.00 bits per heavy atom. The maximum atomic E-state index is 13.4. The molecule has 0 aliphatic carbocycles. The Hall–Kier alpha value is -3.35. The third-order valence-corrected chi connectivity index (χ3v) is 5.55. The third kappa shape index (κ3) is 3.86. The lowest BCUT2D eigenvalue weighted by Crippen LogP contribution is -2.60. The number of aliphatic hydroxyl groups is 4. The Morgan fingerprint density at radius 3 is 2.30 bits per heavy atom. The van der Waals surface area contributed by atoms with Crippen LogP contribution in [0.5, 0.6) is 23.0 Å². The zero-order valence-corrected chi connectivity index (χ0v) is 17.2. The normalized spacial score (nSPS) is 25.3. The molecule has 1 fully saturated rings. The minimum Gasteiger partial charge on any atom is -0.508 e.